The molecule has 0 aromatic heterocycles. The van der Waals surface area contributed by atoms with Crippen LogP contribution in [0.1, 0.15) is 18.1 Å². The first-order valence-corrected chi connectivity index (χ1v) is 4.85. The van der Waals surface area contributed by atoms with Gasteiger partial charge in [-0.1, -0.05) is 18.7 Å². The Bertz CT molecular complexity index is 328. The number of benzene rings is 1. The maximum Gasteiger partial charge on any atom is 0.0399 e. The second kappa shape index (κ2) is 3.25. The smallest absolute Gasteiger partial charge is 0.0399 e. The minimum absolute atomic E-state index is 1.11. The van der Waals surface area contributed by atoms with Crippen molar-refractivity contribution in [1.82, 2.24) is 0 Å². The van der Waals surface area contributed by atoms with Crippen molar-refractivity contribution in [1.29, 1.82) is 0 Å². The van der Waals surface area contributed by atoms with E-state index in [9.17, 15) is 0 Å². The monoisotopic (exact) mass is 173 g/mol. The van der Waals surface area contributed by atoms with Crippen LogP contribution in [0.4, 0.5) is 5.69 Å². The summed E-state index contributed by atoms with van der Waals surface area (Å²) >= 11 is 0. The molecule has 2 rings (SSSR count). The topological polar surface area (TPSA) is 3.24 Å². The summed E-state index contributed by atoms with van der Waals surface area (Å²) in [5.74, 6) is 0. The summed E-state index contributed by atoms with van der Waals surface area (Å²) in [4.78, 5) is 2.42. The zero-order valence-electron chi connectivity index (χ0n) is 8.09. The van der Waals surface area contributed by atoms with Gasteiger partial charge in [0.15, 0.2) is 0 Å². The lowest BCUT2D eigenvalue weighted by atomic mass is 10.1. The number of hydrogen-bond acceptors (Lipinski definition) is 1. The van der Waals surface area contributed by atoms with Gasteiger partial charge in [-0.05, 0) is 36.6 Å². The fourth-order valence-electron chi connectivity index (χ4n) is 1.95. The number of hydrogen-bond donors (Lipinski definition) is 0. The molecule has 13 heavy (non-hydrogen) atoms. The van der Waals surface area contributed by atoms with E-state index in [2.05, 4.69) is 36.6 Å². The van der Waals surface area contributed by atoms with Crippen LogP contribution in [0.3, 0.4) is 0 Å². The van der Waals surface area contributed by atoms with Gasteiger partial charge < -0.3 is 4.90 Å². The lowest BCUT2D eigenvalue weighted by molar-refractivity contribution is 0.868. The van der Waals surface area contributed by atoms with Crippen molar-refractivity contribution in [2.45, 2.75) is 13.3 Å². The summed E-state index contributed by atoms with van der Waals surface area (Å²) in [5, 5.41) is 0. The molecule has 0 unspecified atom stereocenters. The van der Waals surface area contributed by atoms with Crippen molar-refractivity contribution in [3.05, 3.63) is 35.9 Å². The normalized spacial score (nSPS) is 14.4. The summed E-state index contributed by atoms with van der Waals surface area (Å²) in [5.41, 5.74) is 4.11. The molecule has 1 aromatic rings. The lowest BCUT2D eigenvalue weighted by Crippen LogP contribution is -2.18. The summed E-state index contributed by atoms with van der Waals surface area (Å²) in [6.07, 6.45) is 3.10. The number of likely N-dealkylation sites (N-methyl/N-ethyl adjacent to an activating group) is 1. The van der Waals surface area contributed by atoms with Crippen LogP contribution in [0.2, 0.25) is 0 Å². The molecule has 0 saturated carbocycles. The van der Waals surface area contributed by atoms with Crippen molar-refractivity contribution in [3.63, 3.8) is 0 Å². The Labute approximate surface area is 79.7 Å². The number of nitrogens with zero attached hydrogens (tertiary/aromatic N) is 1. The second-order valence-electron chi connectivity index (χ2n) is 3.42. The summed E-state index contributed by atoms with van der Waals surface area (Å²) in [6, 6.07) is 6.60. The van der Waals surface area contributed by atoms with Crippen molar-refractivity contribution < 1.29 is 0 Å². The predicted octanol–water partition coefficient (Wildman–Crippen LogP) is 2.71. The molecule has 1 aliphatic heterocycles. The Hall–Kier alpha value is -1.24. The molecule has 1 nitrogen and oxygen atoms in total. The minimum Gasteiger partial charge on any atom is -0.371 e. The van der Waals surface area contributed by atoms with E-state index < -0.39 is 0 Å². The van der Waals surface area contributed by atoms with E-state index in [4.69, 9.17) is 0 Å². The molecule has 1 aromatic carbocycles. The van der Waals surface area contributed by atoms with E-state index >= 15 is 0 Å². The highest BCUT2D eigenvalue weighted by molar-refractivity contribution is 5.63. The van der Waals surface area contributed by atoms with Crippen LogP contribution in [-0.4, -0.2) is 13.1 Å². The fourth-order valence-corrected chi connectivity index (χ4v) is 1.95. The van der Waals surface area contributed by atoms with Crippen molar-refractivity contribution >= 4 is 11.8 Å². The van der Waals surface area contributed by atoms with Crippen LogP contribution in [0.15, 0.2) is 24.8 Å². The third-order valence-electron chi connectivity index (χ3n) is 2.71. The summed E-state index contributed by atoms with van der Waals surface area (Å²) in [7, 11) is 0. The van der Waals surface area contributed by atoms with Crippen molar-refractivity contribution in [2.24, 2.45) is 0 Å². The number of anilines is 1. The van der Waals surface area contributed by atoms with E-state index in [0.717, 1.165) is 6.54 Å². The summed E-state index contributed by atoms with van der Waals surface area (Å²) in [6.45, 7) is 8.27. The van der Waals surface area contributed by atoms with E-state index in [-0.39, 0.29) is 0 Å². The predicted molar refractivity (Wildman–Crippen MR) is 58.1 cm³/mol. The molecule has 0 atom stereocenters. The largest absolute Gasteiger partial charge is 0.371 e. The molecule has 1 aliphatic rings. The highest BCUT2D eigenvalue weighted by Gasteiger charge is 2.16. The highest BCUT2D eigenvalue weighted by atomic mass is 15.1. The van der Waals surface area contributed by atoms with Gasteiger partial charge in [-0.25, -0.2) is 0 Å². The van der Waals surface area contributed by atoms with Crippen LogP contribution in [0.25, 0.3) is 6.08 Å². The van der Waals surface area contributed by atoms with Gasteiger partial charge in [0.05, 0.1) is 0 Å². The highest BCUT2D eigenvalue weighted by Crippen LogP contribution is 2.28. The molecular formula is C12H15N. The van der Waals surface area contributed by atoms with Crippen LogP contribution in [-0.2, 0) is 6.42 Å². The third kappa shape index (κ3) is 1.35. The van der Waals surface area contributed by atoms with E-state index in [1.807, 2.05) is 6.08 Å². The number of fused-ring (bicyclic) bond motifs is 1. The molecule has 1 heteroatoms. The third-order valence-corrected chi connectivity index (χ3v) is 2.71. The van der Waals surface area contributed by atoms with E-state index in [1.54, 1.807) is 0 Å². The first-order chi connectivity index (χ1) is 6.35. The van der Waals surface area contributed by atoms with Crippen LogP contribution >= 0.6 is 0 Å². The van der Waals surface area contributed by atoms with Crippen LogP contribution in [0, 0.1) is 0 Å². The van der Waals surface area contributed by atoms with Gasteiger partial charge in [-0.3, -0.25) is 0 Å². The maximum atomic E-state index is 3.78. The van der Waals surface area contributed by atoms with E-state index in [1.165, 1.54) is 29.8 Å². The lowest BCUT2D eigenvalue weighted by Gasteiger charge is -2.16. The SMILES string of the molecule is C=Cc1ccc2c(c1)CCN2CC. The van der Waals surface area contributed by atoms with Gasteiger partial charge in [-0.15, -0.1) is 0 Å². The molecule has 0 fully saturated rings. The minimum atomic E-state index is 1.11. The van der Waals surface area contributed by atoms with Gasteiger partial charge in [0.2, 0.25) is 0 Å². The quantitative estimate of drug-likeness (QED) is 0.664. The van der Waals surface area contributed by atoms with E-state index in [0.29, 0.717) is 0 Å². The van der Waals surface area contributed by atoms with Gasteiger partial charge >= 0.3 is 0 Å². The standard InChI is InChI=1S/C12H15N/c1-3-10-5-6-12-11(9-10)7-8-13(12)4-2/h3,5-6,9H,1,4,7-8H2,2H3. The average Bonchev–Trinajstić information content (AvgIpc) is 2.59. The van der Waals surface area contributed by atoms with Crippen LogP contribution in [0.5, 0.6) is 0 Å². The molecule has 0 radical (unpaired) electrons. The Morgan fingerprint density at radius 1 is 1.54 bits per heavy atom. The average molecular weight is 173 g/mol. The van der Waals surface area contributed by atoms with Crippen molar-refractivity contribution in [2.75, 3.05) is 18.0 Å². The molecule has 0 aliphatic carbocycles. The molecule has 0 spiro atoms. The van der Waals surface area contributed by atoms with Crippen LogP contribution < -0.4 is 4.90 Å². The zero-order chi connectivity index (χ0) is 9.26. The molecule has 0 saturated heterocycles. The molecular weight excluding hydrogens is 158 g/mol. The van der Waals surface area contributed by atoms with Gasteiger partial charge in [0.1, 0.15) is 0 Å². The molecule has 0 bridgehead atoms. The maximum absolute atomic E-state index is 3.78. The zero-order valence-corrected chi connectivity index (χ0v) is 8.09. The molecule has 68 valence electrons. The van der Waals surface area contributed by atoms with Gasteiger partial charge in [-0.2, -0.15) is 0 Å². The molecule has 0 N–H and O–H groups in total. The first kappa shape index (κ1) is 8.36. The van der Waals surface area contributed by atoms with Gasteiger partial charge in [0, 0.05) is 18.8 Å². The Morgan fingerprint density at radius 3 is 3.08 bits per heavy atom. The number of rotatable bonds is 2. The Balaban J connectivity index is 2.40. The van der Waals surface area contributed by atoms with Crippen molar-refractivity contribution in [3.8, 4) is 0 Å². The van der Waals surface area contributed by atoms with Gasteiger partial charge in [0.25, 0.3) is 0 Å². The Kier molecular flexibility index (Phi) is 2.09. The first-order valence-electron chi connectivity index (χ1n) is 4.85. The second-order valence-corrected chi connectivity index (χ2v) is 3.42. The molecule has 0 amide bonds. The fraction of sp³-hybridized carbons (Fsp3) is 0.333. The molecule has 1 heterocycles. The summed E-state index contributed by atoms with van der Waals surface area (Å²) < 4.78 is 0. The Morgan fingerprint density at radius 2 is 2.38 bits per heavy atom.